The van der Waals surface area contributed by atoms with E-state index in [1.54, 1.807) is 0 Å². The molecule has 3 heteroatoms. The molecule has 1 aliphatic rings. The minimum absolute atomic E-state index is 0.0163. The Hall–Kier alpha value is -5.41. The average Bonchev–Trinajstić information content (AvgIpc) is 3.43. The van der Waals surface area contributed by atoms with Crippen LogP contribution in [0.1, 0.15) is 130 Å². The van der Waals surface area contributed by atoms with Crippen molar-refractivity contribution in [1.82, 2.24) is 0 Å². The van der Waals surface area contributed by atoms with Crippen LogP contribution < -0.4 is 10.2 Å². The lowest BCUT2D eigenvalue weighted by atomic mass is 9.60. The van der Waals surface area contributed by atoms with Gasteiger partial charge in [0.15, 0.2) is 0 Å². The minimum atomic E-state index is -0.176. The van der Waals surface area contributed by atoms with Crippen LogP contribution in [0.2, 0.25) is 0 Å². The van der Waals surface area contributed by atoms with E-state index in [2.05, 4.69) is 215 Å². The summed E-state index contributed by atoms with van der Waals surface area (Å²) in [6.45, 7) is 30.0. The van der Waals surface area contributed by atoms with Gasteiger partial charge in [0, 0.05) is 34.6 Å². The minimum Gasteiger partial charge on any atom is -0.326 e. The highest BCUT2D eigenvalue weighted by Gasteiger charge is 2.42. The molecule has 1 N–H and O–H groups in total. The van der Waals surface area contributed by atoms with Gasteiger partial charge in [-0.1, -0.05) is 175 Å². The molecule has 0 bridgehead atoms. The van der Waals surface area contributed by atoms with E-state index in [1.807, 2.05) is 19.1 Å². The van der Waals surface area contributed by atoms with Crippen LogP contribution >= 0.6 is 0 Å². The van der Waals surface area contributed by atoms with Crippen LogP contribution in [0.3, 0.4) is 0 Å². The van der Waals surface area contributed by atoms with Gasteiger partial charge in [0.1, 0.15) is 0 Å². The molecule has 1 amide bonds. The Kier molecular flexibility index (Phi) is 10.6. The molecule has 6 aromatic carbocycles. The van der Waals surface area contributed by atoms with Crippen molar-refractivity contribution in [2.24, 2.45) is 0 Å². The van der Waals surface area contributed by atoms with E-state index in [1.165, 1.54) is 44.5 Å². The highest BCUT2D eigenvalue weighted by atomic mass is 16.1. The SMILES string of the molecule is CCC(=O)Nc1ccc(-c2ccc(N(c3ccc(C(C)(C)C)cc3)c3ccc(C(C)(C)C(C)(C)c4ccc5c(c4)C(C)(C)c4cc(C(C)(C)C)ccc4-5)cc3)cc2)cc1. The summed E-state index contributed by atoms with van der Waals surface area (Å²) in [5.41, 5.74) is 17.1. The van der Waals surface area contributed by atoms with Gasteiger partial charge >= 0.3 is 0 Å². The fourth-order valence-electron chi connectivity index (χ4n) is 8.70. The summed E-state index contributed by atoms with van der Waals surface area (Å²) in [4.78, 5) is 14.3. The Labute approximate surface area is 354 Å². The average molecular weight is 781 g/mol. The Bertz CT molecular complexity index is 2470. The first-order valence-corrected chi connectivity index (χ1v) is 21.4. The predicted molar refractivity (Wildman–Crippen MR) is 253 cm³/mol. The highest BCUT2D eigenvalue weighted by molar-refractivity contribution is 5.91. The van der Waals surface area contributed by atoms with E-state index in [9.17, 15) is 4.79 Å². The van der Waals surface area contributed by atoms with Crippen molar-refractivity contribution in [2.45, 2.75) is 124 Å². The molecule has 0 atom stereocenters. The zero-order valence-electron chi connectivity index (χ0n) is 37.8. The molecule has 0 aliphatic heterocycles. The van der Waals surface area contributed by atoms with Crippen molar-refractivity contribution in [1.29, 1.82) is 0 Å². The van der Waals surface area contributed by atoms with Gasteiger partial charge in [-0.25, -0.2) is 0 Å². The zero-order valence-corrected chi connectivity index (χ0v) is 37.8. The van der Waals surface area contributed by atoms with Crippen molar-refractivity contribution >= 4 is 28.7 Å². The summed E-state index contributed by atoms with van der Waals surface area (Å²) < 4.78 is 0. The molecule has 0 radical (unpaired) electrons. The van der Waals surface area contributed by atoms with E-state index in [-0.39, 0.29) is 33.0 Å². The van der Waals surface area contributed by atoms with Crippen molar-refractivity contribution in [2.75, 3.05) is 10.2 Å². The van der Waals surface area contributed by atoms with E-state index >= 15 is 0 Å². The molecule has 1 aliphatic carbocycles. The topological polar surface area (TPSA) is 32.3 Å². The van der Waals surface area contributed by atoms with Gasteiger partial charge in [-0.2, -0.15) is 0 Å². The third kappa shape index (κ3) is 7.77. The first kappa shape index (κ1) is 41.7. The van der Waals surface area contributed by atoms with Crippen LogP contribution in [-0.4, -0.2) is 5.91 Å². The number of carbonyl (C=O) groups excluding carboxylic acids is 1. The molecular weight excluding hydrogens is 717 g/mol. The second-order valence-electron chi connectivity index (χ2n) is 20.4. The maximum Gasteiger partial charge on any atom is 0.224 e. The third-order valence-corrected chi connectivity index (χ3v) is 13.6. The summed E-state index contributed by atoms with van der Waals surface area (Å²) in [7, 11) is 0. The van der Waals surface area contributed by atoms with Gasteiger partial charge in [-0.3, -0.25) is 4.79 Å². The van der Waals surface area contributed by atoms with Crippen LogP contribution in [0.25, 0.3) is 22.3 Å². The molecule has 7 rings (SSSR count). The van der Waals surface area contributed by atoms with Crippen LogP contribution in [0.5, 0.6) is 0 Å². The highest BCUT2D eigenvalue weighted by Crippen LogP contribution is 2.52. The smallest absolute Gasteiger partial charge is 0.224 e. The maximum absolute atomic E-state index is 11.9. The van der Waals surface area contributed by atoms with E-state index in [0.29, 0.717) is 6.42 Å². The molecule has 0 saturated carbocycles. The number of benzene rings is 6. The Morgan fingerprint density at radius 1 is 0.492 bits per heavy atom. The summed E-state index contributed by atoms with van der Waals surface area (Å²) in [6.07, 6.45) is 0.458. The van der Waals surface area contributed by atoms with Crippen molar-refractivity contribution in [3.8, 4) is 22.3 Å². The molecule has 0 spiro atoms. The van der Waals surface area contributed by atoms with Gasteiger partial charge < -0.3 is 10.2 Å². The monoisotopic (exact) mass is 781 g/mol. The predicted octanol–water partition coefficient (Wildman–Crippen LogP) is 15.3. The third-order valence-electron chi connectivity index (χ3n) is 13.6. The molecule has 0 fully saturated rings. The molecule has 0 unspecified atom stereocenters. The maximum atomic E-state index is 11.9. The largest absolute Gasteiger partial charge is 0.326 e. The fourth-order valence-corrected chi connectivity index (χ4v) is 8.70. The first-order valence-electron chi connectivity index (χ1n) is 21.4. The molecule has 59 heavy (non-hydrogen) atoms. The molecule has 304 valence electrons. The number of amides is 1. The molecule has 0 aromatic heterocycles. The molecule has 3 nitrogen and oxygen atoms in total. The van der Waals surface area contributed by atoms with Crippen LogP contribution in [0.15, 0.2) is 133 Å². The standard InChI is InChI=1S/C56H64N2O/c1-14-51(59)57-43-25-15-37(16-26-43)38-17-27-44(28-18-38)58(45-29-19-39(20-30-45)52(2,3)4)46-31-21-40(22-32-46)55(10,11)56(12,13)42-24-34-48-47-33-23-41(53(5,6)7)35-49(47)54(8,9)50(48)36-42/h15-36H,14H2,1-13H3,(H,57,59). The molecule has 0 saturated heterocycles. The summed E-state index contributed by atoms with van der Waals surface area (Å²) >= 11 is 0. The van der Waals surface area contributed by atoms with Crippen molar-refractivity contribution < 1.29 is 4.79 Å². The van der Waals surface area contributed by atoms with Crippen molar-refractivity contribution in [3.63, 3.8) is 0 Å². The van der Waals surface area contributed by atoms with E-state index in [4.69, 9.17) is 0 Å². The number of nitrogens with one attached hydrogen (secondary N) is 1. The summed E-state index contributed by atoms with van der Waals surface area (Å²) in [5.74, 6) is 0.0163. The number of fused-ring (bicyclic) bond motifs is 3. The Morgan fingerprint density at radius 3 is 1.32 bits per heavy atom. The number of carbonyl (C=O) groups is 1. The zero-order chi connectivity index (χ0) is 42.7. The fraction of sp³-hybridized carbons (Fsp3) is 0.339. The lowest BCUT2D eigenvalue weighted by Crippen LogP contribution is -2.40. The normalized spacial score (nSPS) is 13.8. The second kappa shape index (κ2) is 15.0. The summed E-state index contributed by atoms with van der Waals surface area (Å²) in [5, 5.41) is 2.95. The number of anilines is 4. The van der Waals surface area contributed by atoms with E-state index < -0.39 is 0 Å². The van der Waals surface area contributed by atoms with Gasteiger partial charge in [0.2, 0.25) is 5.91 Å². The van der Waals surface area contributed by atoms with Gasteiger partial charge in [0.05, 0.1) is 0 Å². The van der Waals surface area contributed by atoms with Crippen LogP contribution in [0.4, 0.5) is 22.7 Å². The van der Waals surface area contributed by atoms with Crippen LogP contribution in [-0.2, 0) is 31.9 Å². The first-order chi connectivity index (χ1) is 27.6. The number of rotatable bonds is 9. The Balaban J connectivity index is 1.20. The van der Waals surface area contributed by atoms with Crippen molar-refractivity contribution in [3.05, 3.63) is 167 Å². The van der Waals surface area contributed by atoms with Gasteiger partial charge in [-0.05, 0) is 126 Å². The van der Waals surface area contributed by atoms with Gasteiger partial charge in [0.25, 0.3) is 0 Å². The number of hydrogen-bond donors (Lipinski definition) is 1. The second-order valence-corrected chi connectivity index (χ2v) is 20.4. The number of nitrogens with zero attached hydrogens (tertiary/aromatic N) is 1. The molecular formula is C56H64N2O. The van der Waals surface area contributed by atoms with Gasteiger partial charge in [-0.15, -0.1) is 0 Å². The number of hydrogen-bond acceptors (Lipinski definition) is 2. The molecule has 0 heterocycles. The summed E-state index contributed by atoms with van der Waals surface area (Å²) in [6, 6.07) is 49.5. The molecule has 6 aromatic rings. The van der Waals surface area contributed by atoms with Crippen LogP contribution in [0, 0.1) is 0 Å². The van der Waals surface area contributed by atoms with E-state index in [0.717, 1.165) is 33.9 Å². The lowest BCUT2D eigenvalue weighted by molar-refractivity contribution is -0.115. The lowest BCUT2D eigenvalue weighted by Gasteiger charge is -2.43. The quantitative estimate of drug-likeness (QED) is 0.158. The Morgan fingerprint density at radius 2 is 0.864 bits per heavy atom.